The summed E-state index contributed by atoms with van der Waals surface area (Å²) >= 11 is 0. The number of benzene rings is 2. The molecular formula is C26H25NO4. The molecule has 1 aliphatic heterocycles. The first kappa shape index (κ1) is 19.6. The van der Waals surface area contributed by atoms with Crippen molar-refractivity contribution in [3.05, 3.63) is 76.0 Å². The highest BCUT2D eigenvalue weighted by atomic mass is 16.5. The lowest BCUT2D eigenvalue weighted by Gasteiger charge is -2.39. The second kappa shape index (κ2) is 6.84. The maximum absolute atomic E-state index is 13.5. The second-order valence-corrected chi connectivity index (χ2v) is 9.17. The summed E-state index contributed by atoms with van der Waals surface area (Å²) in [6, 6.07) is 13.3. The Hall–Kier alpha value is -3.34. The van der Waals surface area contributed by atoms with Crippen molar-refractivity contribution >= 4 is 17.3 Å². The molecule has 0 radical (unpaired) electrons. The van der Waals surface area contributed by atoms with E-state index in [0.717, 1.165) is 28.9 Å². The molecule has 1 atom stereocenters. The summed E-state index contributed by atoms with van der Waals surface area (Å²) < 4.78 is 10.9. The number of Topliss-reactive ketones (excluding diaryl/α,β-unsaturated/α-hetero) is 2. The van der Waals surface area contributed by atoms with E-state index in [2.05, 4.69) is 19.2 Å². The summed E-state index contributed by atoms with van der Waals surface area (Å²) in [5, 5.41) is 3.50. The van der Waals surface area contributed by atoms with E-state index in [1.54, 1.807) is 14.2 Å². The van der Waals surface area contributed by atoms with Gasteiger partial charge in [-0.05, 0) is 29.5 Å². The van der Waals surface area contributed by atoms with Gasteiger partial charge in [-0.25, -0.2) is 0 Å². The van der Waals surface area contributed by atoms with Gasteiger partial charge < -0.3 is 14.8 Å². The normalized spacial score (nSPS) is 21.4. The number of ether oxygens (including phenoxy) is 2. The largest absolute Gasteiger partial charge is 0.493 e. The molecule has 0 spiro atoms. The van der Waals surface area contributed by atoms with E-state index in [0.29, 0.717) is 34.6 Å². The molecule has 0 fully saturated rings. The van der Waals surface area contributed by atoms with Crippen LogP contribution >= 0.6 is 0 Å². The van der Waals surface area contributed by atoms with Gasteiger partial charge in [0.05, 0.1) is 19.9 Å². The molecule has 158 valence electrons. The number of carbonyl (C=O) groups excluding carboxylic acids is 2. The highest BCUT2D eigenvalue weighted by Gasteiger charge is 2.46. The van der Waals surface area contributed by atoms with Crippen LogP contribution in [-0.2, 0) is 4.79 Å². The molecule has 0 aromatic heterocycles. The van der Waals surface area contributed by atoms with Crippen LogP contribution in [0.3, 0.4) is 0 Å². The Kier molecular flexibility index (Phi) is 4.33. The van der Waals surface area contributed by atoms with Crippen LogP contribution in [-0.4, -0.2) is 25.8 Å². The molecule has 1 heterocycles. The number of methoxy groups -OCH3 is 2. The SMILES string of the molecule is COc1ccc(C2C3=C(CC(C)(C)CC3=O)NC3=C2C(=O)c2ccccc23)cc1OC. The molecule has 2 aromatic rings. The number of rotatable bonds is 3. The Bertz CT molecular complexity index is 1200. The lowest BCUT2D eigenvalue weighted by Crippen LogP contribution is -2.37. The first-order chi connectivity index (χ1) is 14.8. The average Bonchev–Trinajstić information content (AvgIpc) is 3.03. The lowest BCUT2D eigenvalue weighted by molar-refractivity contribution is -0.118. The third-order valence-electron chi connectivity index (χ3n) is 6.47. The highest BCUT2D eigenvalue weighted by Crippen LogP contribution is 2.51. The summed E-state index contributed by atoms with van der Waals surface area (Å²) in [6.07, 6.45) is 1.21. The molecular weight excluding hydrogens is 390 g/mol. The molecule has 1 N–H and O–H groups in total. The van der Waals surface area contributed by atoms with E-state index in [9.17, 15) is 9.59 Å². The van der Waals surface area contributed by atoms with Gasteiger partial charge in [-0.1, -0.05) is 44.2 Å². The van der Waals surface area contributed by atoms with E-state index in [1.165, 1.54) is 0 Å². The fourth-order valence-electron chi connectivity index (χ4n) is 5.16. The average molecular weight is 415 g/mol. The minimum absolute atomic E-state index is 0.0259. The summed E-state index contributed by atoms with van der Waals surface area (Å²) in [7, 11) is 3.18. The maximum atomic E-state index is 13.5. The van der Waals surface area contributed by atoms with E-state index in [1.807, 2.05) is 42.5 Å². The smallest absolute Gasteiger partial charge is 0.192 e. The molecule has 0 saturated carbocycles. The Morgan fingerprint density at radius 1 is 0.903 bits per heavy atom. The van der Waals surface area contributed by atoms with Crippen molar-refractivity contribution in [3.63, 3.8) is 0 Å². The number of allylic oxidation sites excluding steroid dienone is 3. The molecule has 5 nitrogen and oxygen atoms in total. The number of carbonyl (C=O) groups is 2. The van der Waals surface area contributed by atoms with Crippen LogP contribution in [0.25, 0.3) is 5.70 Å². The van der Waals surface area contributed by atoms with Gasteiger partial charge in [0.15, 0.2) is 23.1 Å². The molecule has 0 amide bonds. The molecule has 3 aliphatic rings. The third kappa shape index (κ3) is 2.91. The van der Waals surface area contributed by atoms with Crippen LogP contribution in [0.15, 0.2) is 59.3 Å². The first-order valence-corrected chi connectivity index (χ1v) is 10.5. The van der Waals surface area contributed by atoms with Crippen LogP contribution in [0.1, 0.15) is 54.1 Å². The van der Waals surface area contributed by atoms with Crippen molar-refractivity contribution < 1.29 is 19.1 Å². The van der Waals surface area contributed by atoms with Crippen molar-refractivity contribution in [1.29, 1.82) is 0 Å². The Labute approximate surface area is 181 Å². The van der Waals surface area contributed by atoms with Crippen LogP contribution in [0.2, 0.25) is 0 Å². The Morgan fingerprint density at radius 2 is 1.61 bits per heavy atom. The molecule has 0 saturated heterocycles. The van der Waals surface area contributed by atoms with Gasteiger partial charge in [-0.3, -0.25) is 9.59 Å². The van der Waals surface area contributed by atoms with E-state index >= 15 is 0 Å². The molecule has 5 rings (SSSR count). The Balaban J connectivity index is 1.75. The second-order valence-electron chi connectivity index (χ2n) is 9.17. The van der Waals surface area contributed by atoms with Gasteiger partial charge >= 0.3 is 0 Å². The van der Waals surface area contributed by atoms with Crippen LogP contribution in [0.4, 0.5) is 0 Å². The summed E-state index contributed by atoms with van der Waals surface area (Å²) in [5.41, 5.74) is 5.38. The summed E-state index contributed by atoms with van der Waals surface area (Å²) in [6.45, 7) is 4.22. The number of dihydropyridines is 1. The molecule has 31 heavy (non-hydrogen) atoms. The monoisotopic (exact) mass is 415 g/mol. The predicted octanol–water partition coefficient (Wildman–Crippen LogP) is 4.64. The molecule has 0 bridgehead atoms. The zero-order chi connectivity index (χ0) is 21.9. The van der Waals surface area contributed by atoms with Crippen molar-refractivity contribution in [2.45, 2.75) is 32.6 Å². The lowest BCUT2D eigenvalue weighted by atomic mass is 9.68. The fourth-order valence-corrected chi connectivity index (χ4v) is 5.16. The van der Waals surface area contributed by atoms with Gasteiger partial charge in [-0.15, -0.1) is 0 Å². The predicted molar refractivity (Wildman–Crippen MR) is 118 cm³/mol. The topological polar surface area (TPSA) is 64.6 Å². The quantitative estimate of drug-likeness (QED) is 0.791. The van der Waals surface area contributed by atoms with E-state index in [4.69, 9.17) is 9.47 Å². The van der Waals surface area contributed by atoms with Gasteiger partial charge in [0.25, 0.3) is 0 Å². The first-order valence-electron chi connectivity index (χ1n) is 10.5. The molecule has 2 aromatic carbocycles. The van der Waals surface area contributed by atoms with Gasteiger partial charge in [0, 0.05) is 40.3 Å². The number of hydrogen-bond donors (Lipinski definition) is 1. The minimum Gasteiger partial charge on any atom is -0.493 e. The van der Waals surface area contributed by atoms with Gasteiger partial charge in [0.1, 0.15) is 0 Å². The van der Waals surface area contributed by atoms with Gasteiger partial charge in [-0.2, -0.15) is 0 Å². The van der Waals surface area contributed by atoms with Crippen molar-refractivity contribution in [3.8, 4) is 11.5 Å². The minimum atomic E-state index is -0.436. The molecule has 5 heteroatoms. The Morgan fingerprint density at radius 3 is 2.32 bits per heavy atom. The number of fused-ring (bicyclic) bond motifs is 2. The number of ketones is 2. The summed E-state index contributed by atoms with van der Waals surface area (Å²) in [5.74, 6) is 0.820. The molecule has 2 aliphatic carbocycles. The standard InChI is InChI=1S/C26H25NO4/c1-26(2)12-17-22(18(28)13-26)21(14-9-10-19(30-3)20(11-14)31-4)23-24(27-17)15-7-5-6-8-16(15)25(23)29/h5-11,21,27H,12-13H2,1-4H3. The van der Waals surface area contributed by atoms with Crippen LogP contribution in [0.5, 0.6) is 11.5 Å². The van der Waals surface area contributed by atoms with Crippen molar-refractivity contribution in [1.82, 2.24) is 5.32 Å². The highest BCUT2D eigenvalue weighted by molar-refractivity contribution is 6.23. The zero-order valence-corrected chi connectivity index (χ0v) is 18.2. The van der Waals surface area contributed by atoms with E-state index < -0.39 is 5.92 Å². The zero-order valence-electron chi connectivity index (χ0n) is 18.2. The van der Waals surface area contributed by atoms with E-state index in [-0.39, 0.29) is 17.0 Å². The summed E-state index contributed by atoms with van der Waals surface area (Å²) in [4.78, 5) is 26.9. The van der Waals surface area contributed by atoms with Crippen LogP contribution in [0, 0.1) is 5.41 Å². The third-order valence-corrected chi connectivity index (χ3v) is 6.47. The van der Waals surface area contributed by atoms with Gasteiger partial charge in [0.2, 0.25) is 0 Å². The number of hydrogen-bond acceptors (Lipinski definition) is 5. The maximum Gasteiger partial charge on any atom is 0.192 e. The van der Waals surface area contributed by atoms with Crippen molar-refractivity contribution in [2.24, 2.45) is 5.41 Å². The number of nitrogens with one attached hydrogen (secondary N) is 1. The van der Waals surface area contributed by atoms with Crippen molar-refractivity contribution in [2.75, 3.05) is 14.2 Å². The molecule has 1 unspecified atom stereocenters. The van der Waals surface area contributed by atoms with Crippen LogP contribution < -0.4 is 14.8 Å². The fraction of sp³-hybridized carbons (Fsp3) is 0.308.